The molecule has 0 fully saturated rings. The highest BCUT2D eigenvalue weighted by atomic mass is 15.1. The fourth-order valence-corrected chi connectivity index (χ4v) is 8.16. The zero-order chi connectivity index (χ0) is 40.1. The molecule has 0 spiro atoms. The molecule has 282 valence electrons. The van der Waals surface area contributed by atoms with E-state index in [-0.39, 0.29) is 0 Å². The van der Waals surface area contributed by atoms with Crippen LogP contribution in [0.15, 0.2) is 119 Å². The molecule has 0 unspecified atom stereocenters. The fourth-order valence-electron chi connectivity index (χ4n) is 8.16. The molecule has 1 aliphatic heterocycles. The minimum Gasteiger partial charge on any atom is -0.324 e. The summed E-state index contributed by atoms with van der Waals surface area (Å²) in [6.45, 7) is 21.4. The van der Waals surface area contributed by atoms with Crippen molar-refractivity contribution in [3.8, 4) is 44.8 Å². The number of aliphatic imine (C=N–C) groups is 2. The minimum atomic E-state index is 0.626. The second-order valence-corrected chi connectivity index (χ2v) is 16.2. The third-order valence-corrected chi connectivity index (χ3v) is 10.6. The monoisotopic (exact) mass is 743 g/mol. The van der Waals surface area contributed by atoms with Crippen LogP contribution in [0, 0.1) is 69.2 Å². The lowest BCUT2D eigenvalue weighted by molar-refractivity contribution is 1.23. The third-order valence-electron chi connectivity index (χ3n) is 10.6. The number of aromatic nitrogens is 2. The summed E-state index contributed by atoms with van der Waals surface area (Å²) in [6, 6.07) is 39.5. The molecular weight excluding hydrogens is 695 g/mol. The molecule has 57 heavy (non-hydrogen) atoms. The normalized spacial score (nSPS) is 13.6. The Morgan fingerprint density at radius 1 is 0.316 bits per heavy atom. The van der Waals surface area contributed by atoms with E-state index in [1.807, 2.05) is 0 Å². The Bertz CT molecular complexity index is 2410. The Balaban J connectivity index is 1.29. The number of pyridine rings is 2. The maximum absolute atomic E-state index is 5.29. The van der Waals surface area contributed by atoms with Crippen molar-refractivity contribution in [2.45, 2.75) is 69.2 Å². The Labute approximate surface area is 337 Å². The topological polar surface area (TPSA) is 62.5 Å². The molecule has 0 aliphatic carbocycles. The van der Waals surface area contributed by atoms with Crippen molar-refractivity contribution in [2.24, 2.45) is 9.98 Å². The first-order valence-electron chi connectivity index (χ1n) is 19.7. The first kappa shape index (κ1) is 37.5. The highest BCUT2D eigenvalue weighted by Crippen LogP contribution is 2.35. The van der Waals surface area contributed by atoms with Crippen molar-refractivity contribution >= 4 is 23.3 Å². The van der Waals surface area contributed by atoms with Crippen molar-refractivity contribution in [3.63, 3.8) is 0 Å². The van der Waals surface area contributed by atoms with Crippen LogP contribution in [0.4, 0.5) is 11.6 Å². The molecule has 0 saturated heterocycles. The summed E-state index contributed by atoms with van der Waals surface area (Å²) < 4.78 is 0. The SMILES string of the molecule is Cc1cc(C)cc(-c2cc(/N=C3\N/C(=N/c4cc(-c5cc(C)cc(C)c5)cc(-c5cc(C)cc(C)c5)n4)c4cc(C)c(C)cc43)nc(-c3cc(C)cc(C)c3)c2)c1. The molecule has 8 rings (SSSR count). The van der Waals surface area contributed by atoms with Crippen LogP contribution in [-0.2, 0) is 0 Å². The zero-order valence-electron chi connectivity index (χ0n) is 34.7. The Morgan fingerprint density at radius 3 is 0.912 bits per heavy atom. The predicted octanol–water partition coefficient (Wildman–Crippen LogP) is 13.0. The number of amidine groups is 2. The molecule has 7 aromatic rings. The summed E-state index contributed by atoms with van der Waals surface area (Å²) in [6.07, 6.45) is 0. The number of nitrogens with one attached hydrogen (secondary N) is 1. The highest BCUT2D eigenvalue weighted by Gasteiger charge is 2.26. The van der Waals surface area contributed by atoms with Gasteiger partial charge in [-0.15, -0.1) is 0 Å². The molecular formula is C52H49N5. The molecule has 1 N–H and O–H groups in total. The second kappa shape index (κ2) is 14.9. The molecule has 0 bridgehead atoms. The number of benzene rings is 5. The lowest BCUT2D eigenvalue weighted by atomic mass is 9.98. The molecule has 5 heteroatoms. The summed E-state index contributed by atoms with van der Waals surface area (Å²) in [4.78, 5) is 20.9. The van der Waals surface area contributed by atoms with E-state index in [1.165, 1.54) is 55.6 Å². The maximum Gasteiger partial charge on any atom is 0.155 e. The van der Waals surface area contributed by atoms with Gasteiger partial charge in [-0.05, 0) is 163 Å². The van der Waals surface area contributed by atoms with Crippen LogP contribution in [0.3, 0.4) is 0 Å². The van der Waals surface area contributed by atoms with Gasteiger partial charge in [0.1, 0.15) is 11.7 Å². The third kappa shape index (κ3) is 8.10. The van der Waals surface area contributed by atoms with Gasteiger partial charge in [0, 0.05) is 22.3 Å². The van der Waals surface area contributed by atoms with Crippen molar-refractivity contribution in [1.29, 1.82) is 0 Å². The molecule has 0 radical (unpaired) electrons. The first-order valence-corrected chi connectivity index (χ1v) is 19.7. The minimum absolute atomic E-state index is 0.626. The van der Waals surface area contributed by atoms with Gasteiger partial charge in [0.2, 0.25) is 0 Å². The molecule has 0 amide bonds. The summed E-state index contributed by atoms with van der Waals surface area (Å²) in [7, 11) is 0. The van der Waals surface area contributed by atoms with Gasteiger partial charge in [-0.3, -0.25) is 0 Å². The van der Waals surface area contributed by atoms with Gasteiger partial charge in [0.25, 0.3) is 0 Å². The number of fused-ring (bicyclic) bond motifs is 1. The van der Waals surface area contributed by atoms with Crippen molar-refractivity contribution < 1.29 is 0 Å². The van der Waals surface area contributed by atoms with Gasteiger partial charge in [0.05, 0.1) is 11.4 Å². The summed E-state index contributed by atoms with van der Waals surface area (Å²) in [5.41, 5.74) is 22.4. The molecule has 2 aromatic heterocycles. The number of rotatable bonds is 6. The van der Waals surface area contributed by atoms with Crippen LogP contribution in [0.1, 0.15) is 66.8 Å². The first-order chi connectivity index (χ1) is 27.2. The number of hydrogen-bond acceptors (Lipinski definition) is 4. The Kier molecular flexibility index (Phi) is 9.79. The summed E-state index contributed by atoms with van der Waals surface area (Å²) in [5, 5.41) is 3.64. The zero-order valence-corrected chi connectivity index (χ0v) is 34.7. The quantitative estimate of drug-likeness (QED) is 0.184. The second-order valence-electron chi connectivity index (χ2n) is 16.2. The lowest BCUT2D eigenvalue weighted by Gasteiger charge is -2.11. The molecule has 0 atom stereocenters. The van der Waals surface area contributed by atoms with Gasteiger partial charge >= 0.3 is 0 Å². The van der Waals surface area contributed by atoms with Crippen molar-refractivity contribution in [3.05, 3.63) is 176 Å². The van der Waals surface area contributed by atoms with E-state index in [9.17, 15) is 0 Å². The van der Waals surface area contributed by atoms with E-state index in [0.29, 0.717) is 23.3 Å². The van der Waals surface area contributed by atoms with E-state index in [1.54, 1.807) is 0 Å². The highest BCUT2D eigenvalue weighted by molar-refractivity contribution is 6.26. The maximum atomic E-state index is 5.29. The van der Waals surface area contributed by atoms with E-state index < -0.39 is 0 Å². The number of aryl methyl sites for hydroxylation is 10. The van der Waals surface area contributed by atoms with Crippen LogP contribution < -0.4 is 5.32 Å². The number of hydrogen-bond donors (Lipinski definition) is 1. The van der Waals surface area contributed by atoms with E-state index in [2.05, 4.69) is 184 Å². The van der Waals surface area contributed by atoms with E-state index in [4.69, 9.17) is 20.0 Å². The van der Waals surface area contributed by atoms with Crippen LogP contribution in [0.5, 0.6) is 0 Å². The van der Waals surface area contributed by atoms with Crippen LogP contribution >= 0.6 is 0 Å². The Morgan fingerprint density at radius 2 is 0.596 bits per heavy atom. The molecule has 1 aliphatic rings. The van der Waals surface area contributed by atoms with Gasteiger partial charge in [-0.1, -0.05) is 93.0 Å². The molecule has 5 nitrogen and oxygen atoms in total. The van der Waals surface area contributed by atoms with Gasteiger partial charge in [-0.25, -0.2) is 20.0 Å². The van der Waals surface area contributed by atoms with Gasteiger partial charge in [0.15, 0.2) is 11.6 Å². The van der Waals surface area contributed by atoms with E-state index in [0.717, 1.165) is 55.9 Å². The van der Waals surface area contributed by atoms with Crippen LogP contribution in [0.25, 0.3) is 44.8 Å². The Hall–Kier alpha value is -6.46. The van der Waals surface area contributed by atoms with Crippen molar-refractivity contribution in [1.82, 2.24) is 15.3 Å². The number of nitrogens with zero attached hydrogens (tertiary/aromatic N) is 4. The van der Waals surface area contributed by atoms with Crippen LogP contribution in [0.2, 0.25) is 0 Å². The summed E-state index contributed by atoms with van der Waals surface area (Å²) >= 11 is 0. The lowest BCUT2D eigenvalue weighted by Crippen LogP contribution is -2.22. The van der Waals surface area contributed by atoms with Crippen LogP contribution in [-0.4, -0.2) is 21.6 Å². The largest absolute Gasteiger partial charge is 0.324 e. The molecule has 0 saturated carbocycles. The van der Waals surface area contributed by atoms with Crippen molar-refractivity contribution in [2.75, 3.05) is 0 Å². The average molecular weight is 744 g/mol. The average Bonchev–Trinajstić information content (AvgIpc) is 3.44. The van der Waals surface area contributed by atoms with Gasteiger partial charge in [-0.2, -0.15) is 0 Å². The smallest absolute Gasteiger partial charge is 0.155 e. The van der Waals surface area contributed by atoms with Gasteiger partial charge < -0.3 is 5.32 Å². The predicted molar refractivity (Wildman–Crippen MR) is 240 cm³/mol. The standard InChI is InChI=1S/C52H49N5/c1-29-11-30(2)16-39(15-29)41-25-47(43-19-33(5)13-34(6)20-43)53-49(27-41)55-51-45-23-37(9)38(10)24-46(45)52(57-51)56-50-28-42(40-17-31(3)12-32(4)18-40)26-48(54-50)44-21-35(7)14-36(8)22-44/h11-28H,1-10H3,(H,53,54,55,56,57). The molecule has 5 aromatic carbocycles. The summed E-state index contributed by atoms with van der Waals surface area (Å²) in [5.74, 6) is 2.67. The van der Waals surface area contributed by atoms with E-state index >= 15 is 0 Å². The fraction of sp³-hybridized carbons (Fsp3) is 0.192. The molecule has 3 heterocycles.